The minimum atomic E-state index is -1.55. The summed E-state index contributed by atoms with van der Waals surface area (Å²) in [5, 5.41) is 54.3. The van der Waals surface area contributed by atoms with Gasteiger partial charge < -0.3 is 45.1 Å². The molecule has 1 saturated heterocycles. The van der Waals surface area contributed by atoms with Gasteiger partial charge in [0.15, 0.2) is 6.23 Å². The predicted octanol–water partition coefficient (Wildman–Crippen LogP) is 1.65. The number of aromatic hydroxyl groups is 2. The third kappa shape index (κ3) is 7.38. The third-order valence-electron chi connectivity index (χ3n) is 8.87. The Morgan fingerprint density at radius 2 is 1.84 bits per heavy atom. The zero-order valence-electron chi connectivity index (χ0n) is 25.6. The number of rotatable bonds is 12. The molecule has 0 spiro atoms. The molecule has 1 aromatic rings. The summed E-state index contributed by atoms with van der Waals surface area (Å²) >= 11 is 0. The summed E-state index contributed by atoms with van der Waals surface area (Å²) < 4.78 is 17.3. The Morgan fingerprint density at radius 1 is 1.19 bits per heavy atom. The lowest BCUT2D eigenvalue weighted by Crippen LogP contribution is -2.58. The minimum Gasteiger partial charge on any atom is -0.508 e. The van der Waals surface area contributed by atoms with Gasteiger partial charge in [-0.1, -0.05) is 26.3 Å². The smallest absolute Gasteiger partial charge is 0.342 e. The van der Waals surface area contributed by atoms with Crippen LogP contribution in [0.5, 0.6) is 11.5 Å². The molecule has 1 aromatic carbocycles. The molecule has 1 fully saturated rings. The number of phenols is 2. The summed E-state index contributed by atoms with van der Waals surface area (Å²) in [6.45, 7) is 11.8. The fraction of sp³-hybridized carbons (Fsp3) is 0.645. The molecular formula is C31H45NO11. The van der Waals surface area contributed by atoms with Gasteiger partial charge in [0.25, 0.3) is 5.91 Å². The van der Waals surface area contributed by atoms with Gasteiger partial charge in [-0.3, -0.25) is 9.59 Å². The number of benzene rings is 1. The Labute approximate surface area is 251 Å². The van der Waals surface area contributed by atoms with Crippen LogP contribution in [0.2, 0.25) is 0 Å². The first-order chi connectivity index (χ1) is 20.0. The quantitative estimate of drug-likeness (QED) is 0.115. The van der Waals surface area contributed by atoms with Crippen molar-refractivity contribution < 1.29 is 54.1 Å². The summed E-state index contributed by atoms with van der Waals surface area (Å²) in [7, 11) is 1.32. The average Bonchev–Trinajstić information content (AvgIpc) is 2.94. The van der Waals surface area contributed by atoms with Gasteiger partial charge in [-0.2, -0.15) is 0 Å². The number of hydrogen-bond donors (Lipinski definition) is 6. The average molecular weight is 608 g/mol. The second-order valence-corrected chi connectivity index (χ2v) is 12.4. The number of hydrogen-bond acceptors (Lipinski definition) is 11. The van der Waals surface area contributed by atoms with Crippen LogP contribution in [-0.2, 0) is 30.2 Å². The van der Waals surface area contributed by atoms with E-state index in [0.717, 1.165) is 6.07 Å². The molecule has 0 bridgehead atoms. The van der Waals surface area contributed by atoms with E-state index in [0.29, 0.717) is 16.7 Å². The van der Waals surface area contributed by atoms with Gasteiger partial charge in [0.1, 0.15) is 41.2 Å². The third-order valence-corrected chi connectivity index (χ3v) is 8.87. The zero-order valence-corrected chi connectivity index (χ0v) is 25.6. The molecule has 0 radical (unpaired) electrons. The number of esters is 1. The van der Waals surface area contributed by atoms with Crippen molar-refractivity contribution in [3.8, 4) is 11.5 Å². The van der Waals surface area contributed by atoms with Gasteiger partial charge in [-0.15, -0.1) is 6.58 Å². The number of amides is 1. The number of fused-ring (bicyclic) bond motifs is 1. The second kappa shape index (κ2) is 13.7. The molecule has 2 heterocycles. The second-order valence-electron chi connectivity index (χ2n) is 12.4. The number of methoxy groups -OCH3 is 1. The molecule has 12 heteroatoms. The normalized spacial score (nSPS) is 25.1. The number of ether oxygens (including phenoxy) is 3. The Morgan fingerprint density at radius 3 is 2.42 bits per heavy atom. The Hall–Kier alpha value is -3.03. The molecule has 43 heavy (non-hydrogen) atoms. The van der Waals surface area contributed by atoms with Crippen LogP contribution in [0.3, 0.4) is 0 Å². The van der Waals surface area contributed by atoms with Gasteiger partial charge in [0, 0.05) is 56.3 Å². The van der Waals surface area contributed by atoms with Crippen molar-refractivity contribution in [1.29, 1.82) is 0 Å². The molecule has 0 saturated carbocycles. The number of allylic oxidation sites excluding steroid dienone is 1. The van der Waals surface area contributed by atoms with Gasteiger partial charge in [0.2, 0.25) is 0 Å². The Bertz CT molecular complexity index is 1230. The largest absolute Gasteiger partial charge is 0.508 e. The molecule has 3 rings (SSSR count). The van der Waals surface area contributed by atoms with Crippen LogP contribution >= 0.6 is 0 Å². The van der Waals surface area contributed by atoms with Crippen molar-refractivity contribution in [3.63, 3.8) is 0 Å². The molecule has 1 amide bonds. The molecule has 0 aromatic heterocycles. The van der Waals surface area contributed by atoms with Gasteiger partial charge in [-0.25, -0.2) is 4.79 Å². The summed E-state index contributed by atoms with van der Waals surface area (Å²) in [5.74, 6) is -3.67. The van der Waals surface area contributed by atoms with Crippen molar-refractivity contribution in [2.75, 3.05) is 13.7 Å². The van der Waals surface area contributed by atoms with Crippen LogP contribution in [0.25, 0.3) is 0 Å². The van der Waals surface area contributed by atoms with Gasteiger partial charge in [-0.05, 0) is 31.4 Å². The van der Waals surface area contributed by atoms with Crippen molar-refractivity contribution in [2.45, 2.75) is 97.0 Å². The maximum atomic E-state index is 13.2. The molecular weight excluding hydrogens is 562 g/mol. The lowest BCUT2D eigenvalue weighted by atomic mass is 9.74. The fourth-order valence-corrected chi connectivity index (χ4v) is 5.75. The maximum Gasteiger partial charge on any atom is 0.342 e. The fourth-order valence-electron chi connectivity index (χ4n) is 5.75. The van der Waals surface area contributed by atoms with Crippen molar-refractivity contribution in [2.24, 2.45) is 17.3 Å². The number of aliphatic hydroxyl groups excluding tert-OH is 3. The van der Waals surface area contributed by atoms with Crippen LogP contribution in [0, 0.1) is 24.2 Å². The van der Waals surface area contributed by atoms with E-state index in [1.165, 1.54) is 7.11 Å². The molecule has 0 aliphatic carbocycles. The number of phenolic OH excluding ortho intramolecular Hbond substituents is 2. The molecule has 0 unspecified atom stereocenters. The van der Waals surface area contributed by atoms with Crippen LogP contribution < -0.4 is 5.32 Å². The number of cyclic esters (lactones) is 1. The first-order valence-corrected chi connectivity index (χ1v) is 14.4. The van der Waals surface area contributed by atoms with Gasteiger partial charge >= 0.3 is 5.97 Å². The van der Waals surface area contributed by atoms with Gasteiger partial charge in [0.05, 0.1) is 12.2 Å². The van der Waals surface area contributed by atoms with E-state index < -0.39 is 72.5 Å². The number of carbonyl (C=O) groups is 3. The van der Waals surface area contributed by atoms with Crippen molar-refractivity contribution >= 4 is 17.7 Å². The number of aliphatic hydroxyl groups is 3. The summed E-state index contributed by atoms with van der Waals surface area (Å²) in [6, 6.07) is 1.09. The van der Waals surface area contributed by atoms with Crippen LogP contribution in [0.15, 0.2) is 18.2 Å². The predicted molar refractivity (Wildman–Crippen MR) is 154 cm³/mol. The highest BCUT2D eigenvalue weighted by Gasteiger charge is 2.48. The highest BCUT2D eigenvalue weighted by Crippen LogP contribution is 2.40. The summed E-state index contributed by atoms with van der Waals surface area (Å²) in [4.78, 5) is 38.8. The topological polar surface area (TPSA) is 192 Å². The van der Waals surface area contributed by atoms with E-state index in [2.05, 4.69) is 11.9 Å². The highest BCUT2D eigenvalue weighted by atomic mass is 16.6. The number of nitrogens with one attached hydrogen (secondary N) is 1. The Balaban J connectivity index is 1.74. The van der Waals surface area contributed by atoms with Crippen LogP contribution in [-0.4, -0.2) is 93.7 Å². The lowest BCUT2D eigenvalue weighted by molar-refractivity contribution is -0.188. The first kappa shape index (κ1) is 34.5. The summed E-state index contributed by atoms with van der Waals surface area (Å²) in [5.41, 5.74) is 0.541. The van der Waals surface area contributed by atoms with Crippen molar-refractivity contribution in [1.82, 2.24) is 5.32 Å². The first-order valence-electron chi connectivity index (χ1n) is 14.4. The van der Waals surface area contributed by atoms with Crippen LogP contribution in [0.1, 0.15) is 68.4 Å². The van der Waals surface area contributed by atoms with E-state index >= 15 is 0 Å². The van der Waals surface area contributed by atoms with E-state index in [9.17, 15) is 39.9 Å². The van der Waals surface area contributed by atoms with E-state index in [1.807, 2.05) is 0 Å². The standard InChI is InChI=1S/C31H45NO11/c1-14(2)8-17(13-33)27(38)28(39)32-29(41-7)23-12-24(37)31(5,6)25(42-23)11-20(35)16(4)22-9-18-15(3)19(34)10-21(36)26(18)30(40)43-22/h10,16-17,20,22-23,25,27,29,33-36,38H,1,8-9,11-13H2,2-7H3,(H,32,39)/t16-,17-,20-,22+,23+,25-,27+,29-/m0/s1. The SMILES string of the molecule is C=C(C)C[C@@H](CO)[C@@H](O)C(=O)N[C@@H](OC)[C@H]1CC(=O)C(C)(C)[C@H](C[C@H](O)[C@H](C)[C@H]2Cc3c(C)c(O)cc(O)c3C(=O)O2)O1. The molecule has 8 atom stereocenters. The number of Topliss-reactive ketones (excluding diaryl/α,β-unsaturated/α-hetero) is 1. The van der Waals surface area contributed by atoms with E-state index in [-0.39, 0.29) is 48.5 Å². The number of ketones is 1. The lowest BCUT2D eigenvalue weighted by Gasteiger charge is -2.44. The minimum absolute atomic E-state index is 0.0128. The molecule has 12 nitrogen and oxygen atoms in total. The molecule has 2 aliphatic rings. The molecule has 240 valence electrons. The van der Waals surface area contributed by atoms with Crippen LogP contribution in [0.4, 0.5) is 0 Å². The molecule has 2 aliphatic heterocycles. The molecule has 6 N–H and O–H groups in total. The summed E-state index contributed by atoms with van der Waals surface area (Å²) in [6.07, 6.45) is -6.00. The van der Waals surface area contributed by atoms with E-state index in [4.69, 9.17) is 14.2 Å². The zero-order chi connectivity index (χ0) is 32.4. The number of carbonyl (C=O) groups excluding carboxylic acids is 3. The van der Waals surface area contributed by atoms with Crippen molar-refractivity contribution in [3.05, 3.63) is 34.9 Å². The van der Waals surface area contributed by atoms with E-state index in [1.54, 1.807) is 34.6 Å². The maximum absolute atomic E-state index is 13.2. The Kier molecular flexibility index (Phi) is 11.0. The highest BCUT2D eigenvalue weighted by molar-refractivity contribution is 5.96. The monoisotopic (exact) mass is 607 g/mol.